The van der Waals surface area contributed by atoms with Crippen molar-refractivity contribution < 1.29 is 46.7 Å². The van der Waals surface area contributed by atoms with Gasteiger partial charge in [0.15, 0.2) is 9.84 Å². The van der Waals surface area contributed by atoms with Crippen molar-refractivity contribution in [1.82, 2.24) is 26.3 Å². The highest BCUT2D eigenvalue weighted by Gasteiger charge is 2.34. The highest BCUT2D eigenvalue weighted by molar-refractivity contribution is 7.93. The van der Waals surface area contributed by atoms with E-state index in [1.807, 2.05) is 32.9 Å². The van der Waals surface area contributed by atoms with Crippen molar-refractivity contribution >= 4 is 56.3 Å². The maximum absolute atomic E-state index is 14.3. The molecule has 16 heteroatoms. The minimum absolute atomic E-state index is 0.125. The van der Waals surface area contributed by atoms with Crippen LogP contribution in [0.4, 0.5) is 4.79 Å². The monoisotopic (exact) mass is 849 g/mol. The van der Waals surface area contributed by atoms with Gasteiger partial charge in [-0.2, -0.15) is 0 Å². The number of ether oxygens (including phenoxy) is 2. The molecule has 0 aliphatic heterocycles. The lowest BCUT2D eigenvalue weighted by atomic mass is 9.88. The Balaban J connectivity index is 1.94. The zero-order valence-electron chi connectivity index (χ0n) is 35.9. The molecular formula is C44H59N5O10S. The first-order chi connectivity index (χ1) is 27.9. The molecule has 2 aromatic carbocycles. The molecule has 4 amide bonds. The Hall–Kier alpha value is -5.64. The van der Waals surface area contributed by atoms with Crippen LogP contribution in [0.15, 0.2) is 78.2 Å². The smallest absolute Gasteiger partial charge is 0.408 e. The van der Waals surface area contributed by atoms with E-state index in [1.165, 1.54) is 6.08 Å². The van der Waals surface area contributed by atoms with E-state index in [0.717, 1.165) is 17.1 Å². The summed E-state index contributed by atoms with van der Waals surface area (Å²) >= 11 is 0. The van der Waals surface area contributed by atoms with E-state index >= 15 is 0 Å². The number of para-hydroxylation sites is 1. The second-order valence-electron chi connectivity index (χ2n) is 17.3. The second-order valence-corrected chi connectivity index (χ2v) is 19.2. The number of nitrogens with one attached hydrogen (secondary N) is 4. The largest absolute Gasteiger partial charge is 0.460 e. The number of hydrogen-bond donors (Lipinski definition) is 4. The maximum Gasteiger partial charge on any atom is 0.408 e. The highest BCUT2D eigenvalue weighted by atomic mass is 32.2. The number of Topliss-reactive ketones (excluding diaryl/α,β-unsaturated/α-hetero) is 1. The van der Waals surface area contributed by atoms with Crippen LogP contribution in [0.1, 0.15) is 85.9 Å². The number of benzene rings is 2. The number of esters is 1. The van der Waals surface area contributed by atoms with Gasteiger partial charge in [0.2, 0.25) is 17.7 Å². The molecule has 0 fully saturated rings. The van der Waals surface area contributed by atoms with E-state index in [-0.39, 0.29) is 37.1 Å². The van der Waals surface area contributed by atoms with Crippen LogP contribution in [0.25, 0.3) is 10.9 Å². The van der Waals surface area contributed by atoms with Crippen molar-refractivity contribution in [2.45, 2.75) is 117 Å². The average Bonchev–Trinajstić information content (AvgIpc) is 3.12. The third kappa shape index (κ3) is 18.1. The topological polar surface area (TPSA) is 216 Å². The molecule has 0 saturated heterocycles. The van der Waals surface area contributed by atoms with Gasteiger partial charge in [0.25, 0.3) is 0 Å². The van der Waals surface area contributed by atoms with Crippen LogP contribution >= 0.6 is 0 Å². The van der Waals surface area contributed by atoms with E-state index in [0.29, 0.717) is 16.8 Å². The molecule has 0 saturated carbocycles. The summed E-state index contributed by atoms with van der Waals surface area (Å²) in [4.78, 5) is 85.8. The first-order valence-corrected chi connectivity index (χ1v) is 21.7. The Kier molecular flexibility index (Phi) is 17.5. The van der Waals surface area contributed by atoms with E-state index in [4.69, 9.17) is 9.47 Å². The van der Waals surface area contributed by atoms with Crippen molar-refractivity contribution in [1.29, 1.82) is 0 Å². The molecular weight excluding hydrogens is 791 g/mol. The van der Waals surface area contributed by atoms with Gasteiger partial charge in [-0.25, -0.2) is 13.2 Å². The van der Waals surface area contributed by atoms with Gasteiger partial charge in [0.1, 0.15) is 36.1 Å². The van der Waals surface area contributed by atoms with E-state index in [2.05, 4.69) is 26.3 Å². The molecule has 1 heterocycles. The van der Waals surface area contributed by atoms with Crippen molar-refractivity contribution in [3.63, 3.8) is 0 Å². The molecule has 326 valence electrons. The predicted molar refractivity (Wildman–Crippen MR) is 228 cm³/mol. The molecule has 0 aliphatic carbocycles. The van der Waals surface area contributed by atoms with Crippen molar-refractivity contribution in [2.24, 2.45) is 11.3 Å². The number of ketones is 1. The van der Waals surface area contributed by atoms with E-state index < -0.39 is 81.7 Å². The highest BCUT2D eigenvalue weighted by Crippen LogP contribution is 2.21. The number of nitrogens with zero attached hydrogens (tertiary/aromatic N) is 1. The quantitative estimate of drug-likeness (QED) is 0.119. The molecule has 0 spiro atoms. The first kappa shape index (κ1) is 48.7. The van der Waals surface area contributed by atoms with Gasteiger partial charge in [-0.15, -0.1) is 0 Å². The molecule has 0 aliphatic rings. The lowest BCUT2D eigenvalue weighted by Gasteiger charge is -2.28. The SMILES string of the molecule is CC(C)[C@H](NC(=O)[C@H](Cc1ccc2ccccc2n1)NC(=O)[C@H](CC(=O)OC(C)(C)C)NC(=O)OCc1ccccc1)C(=O)N[C@H](/C=C/S(C)(=O)=O)CC(=O)CC(C)(C)C. The number of fused-ring (bicyclic) bond motifs is 1. The van der Waals surface area contributed by atoms with Gasteiger partial charge in [0, 0.05) is 42.0 Å². The zero-order chi connectivity index (χ0) is 44.8. The third-order valence-electron chi connectivity index (χ3n) is 8.62. The lowest BCUT2D eigenvalue weighted by Crippen LogP contribution is -2.59. The van der Waals surface area contributed by atoms with Crippen molar-refractivity contribution in [2.75, 3.05) is 6.26 Å². The number of carbonyl (C=O) groups excluding carboxylic acids is 6. The summed E-state index contributed by atoms with van der Waals surface area (Å²) in [6, 6.07) is 14.4. The predicted octanol–water partition coefficient (Wildman–Crippen LogP) is 4.87. The molecule has 15 nitrogen and oxygen atoms in total. The molecule has 4 N–H and O–H groups in total. The van der Waals surface area contributed by atoms with E-state index in [1.54, 1.807) is 89.2 Å². The van der Waals surface area contributed by atoms with Crippen LogP contribution in [-0.4, -0.2) is 85.0 Å². The van der Waals surface area contributed by atoms with Crippen molar-refractivity contribution in [3.8, 4) is 0 Å². The fraction of sp³-hybridized carbons (Fsp3) is 0.477. The maximum atomic E-state index is 14.3. The number of pyridine rings is 1. The summed E-state index contributed by atoms with van der Waals surface area (Å²) in [6.45, 7) is 13.8. The summed E-state index contributed by atoms with van der Waals surface area (Å²) in [5.74, 6) is -3.98. The number of carbonyl (C=O) groups is 6. The Morgan fingerprint density at radius 2 is 1.38 bits per heavy atom. The minimum atomic E-state index is -3.62. The Bertz CT molecular complexity index is 2130. The van der Waals surface area contributed by atoms with Gasteiger partial charge in [-0.05, 0) is 49.8 Å². The van der Waals surface area contributed by atoms with Crippen LogP contribution < -0.4 is 21.3 Å². The average molecular weight is 850 g/mol. The molecule has 60 heavy (non-hydrogen) atoms. The van der Waals surface area contributed by atoms with Crippen LogP contribution in [0, 0.1) is 11.3 Å². The number of aromatic nitrogens is 1. The standard InChI is InChI=1S/C44H59N5O10S/c1-28(2)38(41(54)46-32(21-22-60(9,56)57)23-33(50)26-43(3,4)5)49-40(53)35(24-31-20-19-30-17-13-14-18-34(30)45-31)47-39(52)36(25-37(51)59-44(6,7)8)48-42(55)58-27-29-15-11-10-12-16-29/h10-22,28,32,35-36,38H,23-27H2,1-9H3,(H,46,54)(H,47,52)(H,48,55)(H,49,53)/b22-21+/t32-,35+,36+,38+/m1/s1. The summed E-state index contributed by atoms with van der Waals surface area (Å²) in [5.41, 5.74) is 0.436. The van der Waals surface area contributed by atoms with Gasteiger partial charge in [-0.3, -0.25) is 29.0 Å². The normalized spacial score (nSPS) is 14.1. The van der Waals surface area contributed by atoms with Gasteiger partial charge in [0.05, 0.1) is 18.0 Å². The molecule has 0 radical (unpaired) electrons. The molecule has 4 atom stereocenters. The van der Waals surface area contributed by atoms with Crippen LogP contribution in [0.3, 0.4) is 0 Å². The Labute approximate surface area is 352 Å². The van der Waals surface area contributed by atoms with Crippen LogP contribution in [0.2, 0.25) is 0 Å². The van der Waals surface area contributed by atoms with E-state index in [9.17, 15) is 37.2 Å². The van der Waals surface area contributed by atoms with Gasteiger partial charge >= 0.3 is 12.1 Å². The van der Waals surface area contributed by atoms with Crippen LogP contribution in [-0.2, 0) is 56.3 Å². The first-order valence-electron chi connectivity index (χ1n) is 19.7. The number of alkyl carbamates (subject to hydrolysis) is 1. The summed E-state index contributed by atoms with van der Waals surface area (Å²) < 4.78 is 34.7. The number of rotatable bonds is 19. The molecule has 3 rings (SSSR count). The number of hydrogen-bond acceptors (Lipinski definition) is 11. The fourth-order valence-corrected chi connectivity index (χ4v) is 6.43. The Morgan fingerprint density at radius 1 is 0.750 bits per heavy atom. The summed E-state index contributed by atoms with van der Waals surface area (Å²) in [7, 11) is -3.62. The van der Waals surface area contributed by atoms with Gasteiger partial charge < -0.3 is 30.7 Å². The molecule has 0 bridgehead atoms. The molecule has 1 aromatic heterocycles. The minimum Gasteiger partial charge on any atom is -0.460 e. The fourth-order valence-electron chi connectivity index (χ4n) is 5.95. The molecule has 0 unspecified atom stereocenters. The lowest BCUT2D eigenvalue weighted by molar-refractivity contribution is -0.156. The molecule has 3 aromatic rings. The second kappa shape index (κ2) is 21.6. The Morgan fingerprint density at radius 3 is 2.00 bits per heavy atom. The number of sulfone groups is 1. The van der Waals surface area contributed by atoms with Gasteiger partial charge in [-0.1, -0.05) is 95.3 Å². The summed E-state index contributed by atoms with van der Waals surface area (Å²) in [6.07, 6.45) is 0.402. The van der Waals surface area contributed by atoms with Crippen LogP contribution in [0.5, 0.6) is 0 Å². The van der Waals surface area contributed by atoms with Crippen molar-refractivity contribution in [3.05, 3.63) is 89.5 Å². The zero-order valence-corrected chi connectivity index (χ0v) is 36.7. The third-order valence-corrected chi connectivity index (χ3v) is 9.27. The number of amides is 4. The summed E-state index contributed by atoms with van der Waals surface area (Å²) in [5, 5.41) is 12.2.